The Balaban J connectivity index is 2.07. The van der Waals surface area contributed by atoms with Crippen molar-refractivity contribution < 1.29 is 14.7 Å². The van der Waals surface area contributed by atoms with Crippen molar-refractivity contribution in [1.82, 2.24) is 5.32 Å². The van der Waals surface area contributed by atoms with Gasteiger partial charge in [-0.1, -0.05) is 30.3 Å². The van der Waals surface area contributed by atoms with E-state index in [1.54, 1.807) is 24.3 Å². The third-order valence-corrected chi connectivity index (χ3v) is 3.06. The van der Waals surface area contributed by atoms with Crippen LogP contribution in [-0.2, 0) is 11.2 Å². The van der Waals surface area contributed by atoms with Crippen LogP contribution in [0.1, 0.15) is 15.9 Å². The average molecular weight is 284 g/mol. The number of carboxylic acids is 1. The fourth-order valence-corrected chi connectivity index (χ4v) is 1.93. The molecule has 0 saturated carbocycles. The summed E-state index contributed by atoms with van der Waals surface area (Å²) in [5, 5.41) is 11.8. The number of rotatable bonds is 5. The number of anilines is 1. The van der Waals surface area contributed by atoms with Crippen LogP contribution in [0.3, 0.4) is 0 Å². The molecule has 21 heavy (non-hydrogen) atoms. The van der Waals surface area contributed by atoms with E-state index in [1.807, 2.05) is 30.3 Å². The molecule has 1 amide bonds. The maximum Gasteiger partial charge on any atom is 0.326 e. The Morgan fingerprint density at radius 1 is 1.05 bits per heavy atom. The summed E-state index contributed by atoms with van der Waals surface area (Å²) in [6.45, 7) is 0. The predicted molar refractivity (Wildman–Crippen MR) is 79.9 cm³/mol. The van der Waals surface area contributed by atoms with Crippen molar-refractivity contribution in [3.05, 3.63) is 65.7 Å². The highest BCUT2D eigenvalue weighted by atomic mass is 16.4. The quantitative estimate of drug-likeness (QED) is 0.728. The van der Waals surface area contributed by atoms with Gasteiger partial charge in [-0.15, -0.1) is 0 Å². The van der Waals surface area contributed by atoms with Crippen LogP contribution < -0.4 is 11.1 Å². The SMILES string of the molecule is Nc1ccc(C(=O)NC(Cc2ccccc2)C(=O)O)cc1. The fourth-order valence-electron chi connectivity index (χ4n) is 1.93. The number of carbonyl (C=O) groups is 2. The topological polar surface area (TPSA) is 92.4 Å². The smallest absolute Gasteiger partial charge is 0.326 e. The lowest BCUT2D eigenvalue weighted by atomic mass is 10.1. The molecule has 2 aromatic carbocycles. The largest absolute Gasteiger partial charge is 0.480 e. The maximum absolute atomic E-state index is 12.0. The van der Waals surface area contributed by atoms with Crippen molar-refractivity contribution >= 4 is 17.6 Å². The van der Waals surface area contributed by atoms with Gasteiger partial charge in [0.05, 0.1) is 0 Å². The van der Waals surface area contributed by atoms with Crippen LogP contribution in [0.2, 0.25) is 0 Å². The maximum atomic E-state index is 12.0. The van der Waals surface area contributed by atoms with Crippen molar-refractivity contribution in [2.75, 3.05) is 5.73 Å². The lowest BCUT2D eigenvalue weighted by molar-refractivity contribution is -0.139. The van der Waals surface area contributed by atoms with E-state index in [0.29, 0.717) is 11.3 Å². The van der Waals surface area contributed by atoms with Crippen LogP contribution in [0.5, 0.6) is 0 Å². The molecule has 0 spiro atoms. The third-order valence-electron chi connectivity index (χ3n) is 3.06. The van der Waals surface area contributed by atoms with E-state index >= 15 is 0 Å². The molecule has 5 nitrogen and oxygen atoms in total. The van der Waals surface area contributed by atoms with Crippen LogP contribution in [0.15, 0.2) is 54.6 Å². The van der Waals surface area contributed by atoms with Crippen molar-refractivity contribution in [3.8, 4) is 0 Å². The average Bonchev–Trinajstić information content (AvgIpc) is 2.48. The van der Waals surface area contributed by atoms with E-state index in [0.717, 1.165) is 5.56 Å². The summed E-state index contributed by atoms with van der Waals surface area (Å²) in [6, 6.07) is 14.5. The molecule has 5 heteroatoms. The summed E-state index contributed by atoms with van der Waals surface area (Å²) < 4.78 is 0. The van der Waals surface area contributed by atoms with E-state index in [1.165, 1.54) is 0 Å². The first-order valence-electron chi connectivity index (χ1n) is 6.49. The molecule has 0 bridgehead atoms. The number of hydrogen-bond donors (Lipinski definition) is 3. The molecular formula is C16H16N2O3. The van der Waals surface area contributed by atoms with Crippen LogP contribution in [0, 0.1) is 0 Å². The molecule has 108 valence electrons. The summed E-state index contributed by atoms with van der Waals surface area (Å²) in [6.07, 6.45) is 0.233. The number of carbonyl (C=O) groups excluding carboxylic acids is 1. The number of carboxylic acid groups (broad SMARTS) is 1. The normalized spacial score (nSPS) is 11.6. The molecule has 0 radical (unpaired) electrons. The molecule has 1 unspecified atom stereocenters. The highest BCUT2D eigenvalue weighted by Crippen LogP contribution is 2.08. The summed E-state index contributed by atoms with van der Waals surface area (Å²) in [5.41, 5.74) is 7.33. The number of nitrogens with two attached hydrogens (primary N) is 1. The summed E-state index contributed by atoms with van der Waals surface area (Å²) in [4.78, 5) is 23.3. The van der Waals surface area contributed by atoms with E-state index in [9.17, 15) is 14.7 Å². The van der Waals surface area contributed by atoms with E-state index in [2.05, 4.69) is 5.32 Å². The molecule has 0 aliphatic heterocycles. The van der Waals surface area contributed by atoms with Crippen LogP contribution in [0.25, 0.3) is 0 Å². The number of nitrogen functional groups attached to an aromatic ring is 1. The van der Waals surface area contributed by atoms with Crippen LogP contribution in [0.4, 0.5) is 5.69 Å². The van der Waals surface area contributed by atoms with E-state index in [-0.39, 0.29) is 6.42 Å². The standard InChI is InChI=1S/C16H16N2O3/c17-13-8-6-12(7-9-13)15(19)18-14(16(20)21)10-11-4-2-1-3-5-11/h1-9,14H,10,17H2,(H,18,19)(H,20,21). The Labute approximate surface area is 122 Å². The van der Waals surface area contributed by atoms with E-state index in [4.69, 9.17) is 5.73 Å². The Kier molecular flexibility index (Phi) is 4.56. The van der Waals surface area contributed by atoms with Gasteiger partial charge in [0.25, 0.3) is 5.91 Å². The molecule has 0 fully saturated rings. The lowest BCUT2D eigenvalue weighted by Gasteiger charge is -2.14. The number of amides is 1. The monoisotopic (exact) mass is 284 g/mol. The van der Waals surface area contributed by atoms with Gasteiger partial charge >= 0.3 is 5.97 Å². The number of aliphatic carboxylic acids is 1. The van der Waals surface area contributed by atoms with Crippen molar-refractivity contribution in [1.29, 1.82) is 0 Å². The molecule has 2 aromatic rings. The molecule has 0 aromatic heterocycles. The second-order valence-electron chi connectivity index (χ2n) is 4.68. The molecule has 1 atom stereocenters. The number of benzene rings is 2. The number of nitrogens with one attached hydrogen (secondary N) is 1. The molecule has 0 heterocycles. The van der Waals surface area contributed by atoms with Gasteiger partial charge in [-0.2, -0.15) is 0 Å². The summed E-state index contributed by atoms with van der Waals surface area (Å²) >= 11 is 0. The molecular weight excluding hydrogens is 268 g/mol. The zero-order valence-electron chi connectivity index (χ0n) is 11.3. The minimum Gasteiger partial charge on any atom is -0.480 e. The number of hydrogen-bond acceptors (Lipinski definition) is 3. The second kappa shape index (κ2) is 6.56. The molecule has 0 aliphatic carbocycles. The van der Waals surface area contributed by atoms with Gasteiger partial charge in [0.2, 0.25) is 0 Å². The second-order valence-corrected chi connectivity index (χ2v) is 4.68. The minimum absolute atomic E-state index is 0.233. The van der Waals surface area contributed by atoms with E-state index < -0.39 is 17.9 Å². The highest BCUT2D eigenvalue weighted by molar-refractivity contribution is 5.96. The van der Waals surface area contributed by atoms with Crippen LogP contribution in [-0.4, -0.2) is 23.0 Å². The fraction of sp³-hybridized carbons (Fsp3) is 0.125. The molecule has 0 aliphatic rings. The van der Waals surface area contributed by atoms with Gasteiger partial charge in [0, 0.05) is 17.7 Å². The Morgan fingerprint density at radius 2 is 1.67 bits per heavy atom. The van der Waals surface area contributed by atoms with Gasteiger partial charge in [-0.25, -0.2) is 4.79 Å². The zero-order chi connectivity index (χ0) is 15.2. The van der Waals surface area contributed by atoms with Crippen molar-refractivity contribution in [2.24, 2.45) is 0 Å². The third kappa shape index (κ3) is 4.07. The van der Waals surface area contributed by atoms with Crippen molar-refractivity contribution in [3.63, 3.8) is 0 Å². The zero-order valence-corrected chi connectivity index (χ0v) is 11.3. The minimum atomic E-state index is -1.07. The molecule has 2 rings (SSSR count). The predicted octanol–water partition coefficient (Wildman–Crippen LogP) is 1.69. The lowest BCUT2D eigenvalue weighted by Crippen LogP contribution is -2.42. The summed E-state index contributed by atoms with van der Waals surface area (Å²) in [5.74, 6) is -1.50. The van der Waals surface area contributed by atoms with Gasteiger partial charge in [-0.3, -0.25) is 4.79 Å². The first kappa shape index (κ1) is 14.6. The van der Waals surface area contributed by atoms with Crippen molar-refractivity contribution in [2.45, 2.75) is 12.5 Å². The first-order chi connectivity index (χ1) is 10.1. The van der Waals surface area contributed by atoms with Crippen LogP contribution >= 0.6 is 0 Å². The van der Waals surface area contributed by atoms with Gasteiger partial charge in [0.1, 0.15) is 6.04 Å². The molecule has 4 N–H and O–H groups in total. The van der Waals surface area contributed by atoms with Gasteiger partial charge < -0.3 is 16.2 Å². The van der Waals surface area contributed by atoms with Gasteiger partial charge in [0.15, 0.2) is 0 Å². The summed E-state index contributed by atoms with van der Waals surface area (Å²) in [7, 11) is 0. The highest BCUT2D eigenvalue weighted by Gasteiger charge is 2.20. The Morgan fingerprint density at radius 3 is 2.24 bits per heavy atom. The Bertz CT molecular complexity index is 624. The first-order valence-corrected chi connectivity index (χ1v) is 6.49. The molecule has 0 saturated heterocycles. The van der Waals surface area contributed by atoms with Gasteiger partial charge in [-0.05, 0) is 29.8 Å². The Hall–Kier alpha value is -2.82.